The van der Waals surface area contributed by atoms with Crippen LogP contribution in [0.4, 0.5) is 4.79 Å². The Balaban J connectivity index is 1.70. The van der Waals surface area contributed by atoms with Crippen molar-refractivity contribution in [1.29, 1.82) is 0 Å². The van der Waals surface area contributed by atoms with E-state index in [2.05, 4.69) is 37.8 Å². The lowest BCUT2D eigenvalue weighted by molar-refractivity contribution is 0.0186. The van der Waals surface area contributed by atoms with Crippen molar-refractivity contribution in [2.45, 2.75) is 45.3 Å². The Hall–Kier alpha value is -1.56. The first kappa shape index (κ1) is 16.3. The number of benzene rings is 1. The summed E-state index contributed by atoms with van der Waals surface area (Å²) >= 11 is 3.54. The Kier molecular flexibility index (Phi) is 4.36. The average molecular weight is 380 g/mol. The van der Waals surface area contributed by atoms with Gasteiger partial charge >= 0.3 is 6.09 Å². The summed E-state index contributed by atoms with van der Waals surface area (Å²) in [4.78, 5) is 13.9. The summed E-state index contributed by atoms with van der Waals surface area (Å²) in [5, 5.41) is 5.77. The molecule has 2 aromatic rings. The predicted octanol–water partition coefficient (Wildman–Crippen LogP) is 4.37. The molecule has 0 spiro atoms. The summed E-state index contributed by atoms with van der Waals surface area (Å²) in [6, 6.07) is 8.52. The molecule has 0 aliphatic carbocycles. The minimum Gasteiger partial charge on any atom is -0.444 e. The van der Waals surface area contributed by atoms with Crippen LogP contribution in [0.25, 0.3) is 10.9 Å². The fourth-order valence-electron chi connectivity index (χ4n) is 2.95. The van der Waals surface area contributed by atoms with Gasteiger partial charge in [-0.05, 0) is 55.6 Å². The van der Waals surface area contributed by atoms with Crippen molar-refractivity contribution in [1.82, 2.24) is 14.7 Å². The lowest BCUT2D eigenvalue weighted by Gasteiger charge is -2.33. The maximum Gasteiger partial charge on any atom is 0.410 e. The van der Waals surface area contributed by atoms with Crippen molar-refractivity contribution in [2.24, 2.45) is 0 Å². The molecule has 1 aromatic heterocycles. The zero-order chi connectivity index (χ0) is 16.6. The second-order valence-electron chi connectivity index (χ2n) is 6.95. The van der Waals surface area contributed by atoms with Gasteiger partial charge in [0.05, 0.1) is 11.6 Å². The minimum absolute atomic E-state index is 0.220. The van der Waals surface area contributed by atoms with Gasteiger partial charge in [0.1, 0.15) is 10.2 Å². The van der Waals surface area contributed by atoms with Crippen LogP contribution in [0, 0.1) is 0 Å². The Morgan fingerprint density at radius 1 is 1.26 bits per heavy atom. The predicted molar refractivity (Wildman–Crippen MR) is 93.5 cm³/mol. The monoisotopic (exact) mass is 379 g/mol. The van der Waals surface area contributed by atoms with Crippen LogP contribution in [0.5, 0.6) is 0 Å². The number of carbonyl (C=O) groups excluding carboxylic acids is 1. The summed E-state index contributed by atoms with van der Waals surface area (Å²) in [6.07, 6.45) is 1.55. The number of aromatic nitrogens is 2. The highest BCUT2D eigenvalue weighted by atomic mass is 79.9. The van der Waals surface area contributed by atoms with E-state index in [0.29, 0.717) is 19.1 Å². The smallest absolute Gasteiger partial charge is 0.410 e. The van der Waals surface area contributed by atoms with E-state index in [0.717, 1.165) is 28.3 Å². The highest BCUT2D eigenvalue weighted by Gasteiger charge is 2.28. The molecule has 5 nitrogen and oxygen atoms in total. The van der Waals surface area contributed by atoms with Gasteiger partial charge in [-0.15, -0.1) is 0 Å². The van der Waals surface area contributed by atoms with Crippen LogP contribution in [0.2, 0.25) is 0 Å². The van der Waals surface area contributed by atoms with Gasteiger partial charge in [0, 0.05) is 18.5 Å². The van der Waals surface area contributed by atoms with Crippen molar-refractivity contribution in [3.8, 4) is 0 Å². The molecule has 1 saturated heterocycles. The number of amides is 1. The van der Waals surface area contributed by atoms with Crippen molar-refractivity contribution < 1.29 is 9.53 Å². The van der Waals surface area contributed by atoms with Crippen LogP contribution < -0.4 is 0 Å². The van der Waals surface area contributed by atoms with E-state index in [9.17, 15) is 4.79 Å². The normalized spacial score (nSPS) is 16.8. The fourth-order valence-corrected chi connectivity index (χ4v) is 3.45. The molecule has 0 unspecified atom stereocenters. The topological polar surface area (TPSA) is 47.4 Å². The van der Waals surface area contributed by atoms with Crippen LogP contribution in [-0.2, 0) is 4.74 Å². The fraction of sp³-hybridized carbons (Fsp3) is 0.529. The molecule has 1 aromatic carbocycles. The molecule has 0 N–H and O–H groups in total. The summed E-state index contributed by atoms with van der Waals surface area (Å²) in [7, 11) is 0. The number of hydrogen-bond acceptors (Lipinski definition) is 3. The number of likely N-dealkylation sites (tertiary alicyclic amines) is 1. The molecule has 6 heteroatoms. The van der Waals surface area contributed by atoms with Gasteiger partial charge in [-0.3, -0.25) is 4.68 Å². The van der Waals surface area contributed by atoms with E-state index in [1.807, 2.05) is 32.9 Å². The number of para-hydroxylation sites is 1. The third-order valence-electron chi connectivity index (χ3n) is 4.03. The minimum atomic E-state index is -0.447. The van der Waals surface area contributed by atoms with Gasteiger partial charge in [-0.1, -0.05) is 18.2 Å². The SMILES string of the molecule is CC(C)(C)OC(=O)N1CCC(n2nc(Br)c3ccccc32)CC1. The molecule has 3 rings (SSSR count). The molecular weight excluding hydrogens is 358 g/mol. The number of rotatable bonds is 1. The van der Waals surface area contributed by atoms with Crippen LogP contribution in [-0.4, -0.2) is 39.5 Å². The first-order valence-electron chi connectivity index (χ1n) is 7.96. The summed E-state index contributed by atoms with van der Waals surface area (Å²) < 4.78 is 8.42. The van der Waals surface area contributed by atoms with E-state index >= 15 is 0 Å². The molecule has 0 atom stereocenters. The van der Waals surface area contributed by atoms with E-state index in [1.165, 1.54) is 0 Å². The summed E-state index contributed by atoms with van der Waals surface area (Å²) in [5.41, 5.74) is 0.687. The number of halogens is 1. The van der Waals surface area contributed by atoms with Gasteiger partial charge in [0.25, 0.3) is 0 Å². The maximum atomic E-state index is 12.1. The third-order valence-corrected chi connectivity index (χ3v) is 4.62. The lowest BCUT2D eigenvalue weighted by Crippen LogP contribution is -2.42. The Morgan fingerprint density at radius 2 is 1.91 bits per heavy atom. The van der Waals surface area contributed by atoms with E-state index in [4.69, 9.17) is 4.74 Å². The molecule has 23 heavy (non-hydrogen) atoms. The van der Waals surface area contributed by atoms with Crippen LogP contribution in [0.15, 0.2) is 28.9 Å². The Bertz CT molecular complexity index is 712. The van der Waals surface area contributed by atoms with E-state index in [-0.39, 0.29) is 6.09 Å². The lowest BCUT2D eigenvalue weighted by atomic mass is 10.1. The number of hydrogen-bond donors (Lipinski definition) is 0. The third kappa shape index (κ3) is 3.52. The summed E-state index contributed by atoms with van der Waals surface area (Å²) in [5.74, 6) is 0. The quantitative estimate of drug-likeness (QED) is 0.738. The molecule has 1 fully saturated rings. The molecule has 1 aliphatic heterocycles. The highest BCUT2D eigenvalue weighted by molar-refractivity contribution is 9.10. The van der Waals surface area contributed by atoms with Gasteiger partial charge in [0.15, 0.2) is 0 Å². The highest BCUT2D eigenvalue weighted by Crippen LogP contribution is 2.30. The average Bonchev–Trinajstić information content (AvgIpc) is 2.83. The van der Waals surface area contributed by atoms with Gasteiger partial charge in [-0.2, -0.15) is 5.10 Å². The molecular formula is C17H22BrN3O2. The molecule has 2 heterocycles. The molecule has 124 valence electrons. The largest absolute Gasteiger partial charge is 0.444 e. The van der Waals surface area contributed by atoms with Crippen LogP contribution in [0.3, 0.4) is 0 Å². The first-order chi connectivity index (χ1) is 10.8. The molecule has 0 saturated carbocycles. The second-order valence-corrected chi connectivity index (χ2v) is 7.70. The number of carbonyl (C=O) groups is 1. The molecule has 0 bridgehead atoms. The first-order valence-corrected chi connectivity index (χ1v) is 8.75. The standard InChI is InChI=1S/C17H22BrN3O2/c1-17(2,3)23-16(22)20-10-8-12(9-11-20)21-14-7-5-4-6-13(14)15(18)19-21/h4-7,12H,8-11H2,1-3H3. The van der Waals surface area contributed by atoms with Crippen LogP contribution >= 0.6 is 15.9 Å². The second kappa shape index (κ2) is 6.15. The summed E-state index contributed by atoms with van der Waals surface area (Å²) in [6.45, 7) is 7.08. The molecule has 1 amide bonds. The van der Waals surface area contributed by atoms with Crippen LogP contribution in [0.1, 0.15) is 39.7 Å². The zero-order valence-electron chi connectivity index (χ0n) is 13.8. The van der Waals surface area contributed by atoms with Gasteiger partial charge < -0.3 is 9.64 Å². The number of piperidine rings is 1. The van der Waals surface area contributed by atoms with Crippen molar-refractivity contribution in [3.63, 3.8) is 0 Å². The van der Waals surface area contributed by atoms with Crippen molar-refractivity contribution >= 4 is 32.9 Å². The van der Waals surface area contributed by atoms with E-state index in [1.54, 1.807) is 4.90 Å². The Morgan fingerprint density at radius 3 is 2.57 bits per heavy atom. The van der Waals surface area contributed by atoms with Crippen molar-refractivity contribution in [3.05, 3.63) is 28.9 Å². The maximum absolute atomic E-state index is 12.1. The van der Waals surface area contributed by atoms with E-state index < -0.39 is 5.60 Å². The molecule has 1 aliphatic rings. The number of ether oxygens (including phenoxy) is 1. The molecule has 0 radical (unpaired) electrons. The van der Waals surface area contributed by atoms with Gasteiger partial charge in [0.2, 0.25) is 0 Å². The Labute approximate surface area is 144 Å². The number of fused-ring (bicyclic) bond motifs is 1. The number of nitrogens with zero attached hydrogens (tertiary/aromatic N) is 3. The van der Waals surface area contributed by atoms with Gasteiger partial charge in [-0.25, -0.2) is 4.79 Å². The van der Waals surface area contributed by atoms with Crippen molar-refractivity contribution in [2.75, 3.05) is 13.1 Å². The zero-order valence-corrected chi connectivity index (χ0v) is 15.3.